The van der Waals surface area contributed by atoms with Crippen molar-refractivity contribution in [3.8, 4) is 5.75 Å². The molecule has 0 saturated carbocycles. The van der Waals surface area contributed by atoms with E-state index in [1.165, 1.54) is 16.7 Å². The molecule has 4 rings (SSSR count). The fourth-order valence-electron chi connectivity index (χ4n) is 3.45. The third-order valence-corrected chi connectivity index (χ3v) is 5.82. The summed E-state index contributed by atoms with van der Waals surface area (Å²) in [5.41, 5.74) is 4.35. The predicted molar refractivity (Wildman–Crippen MR) is 108 cm³/mol. The topological polar surface area (TPSA) is 42.4 Å². The van der Waals surface area contributed by atoms with Crippen LogP contribution in [0, 0.1) is 0 Å². The van der Waals surface area contributed by atoms with Gasteiger partial charge in [0.1, 0.15) is 11.4 Å². The number of amides is 1. The van der Waals surface area contributed by atoms with Crippen molar-refractivity contribution in [2.75, 3.05) is 20.2 Å². The van der Waals surface area contributed by atoms with Gasteiger partial charge >= 0.3 is 0 Å². The van der Waals surface area contributed by atoms with E-state index in [9.17, 15) is 4.79 Å². The number of aromatic nitrogens is 1. The molecule has 5 heteroatoms. The standard InChI is InChI=1S/C22H22N2O2S/c1-26-19-8-7-17-9-11-24(12-10-18(17)14-19)22(25)20-15-27-21(23-20)13-16-5-3-2-4-6-16/h2-8,14-15H,9-13H2,1H3. The number of ether oxygens (including phenoxy) is 1. The van der Waals surface area contributed by atoms with Gasteiger partial charge in [-0.25, -0.2) is 4.98 Å². The predicted octanol–water partition coefficient (Wildman–Crippen LogP) is 3.98. The summed E-state index contributed by atoms with van der Waals surface area (Å²) in [7, 11) is 1.68. The van der Waals surface area contributed by atoms with Crippen LogP contribution in [0.2, 0.25) is 0 Å². The molecule has 0 aliphatic carbocycles. The highest BCUT2D eigenvalue weighted by atomic mass is 32.1. The van der Waals surface area contributed by atoms with Crippen molar-refractivity contribution in [2.24, 2.45) is 0 Å². The quantitative estimate of drug-likeness (QED) is 0.690. The second-order valence-corrected chi connectivity index (χ2v) is 7.66. The molecule has 0 unspecified atom stereocenters. The molecular weight excluding hydrogens is 356 g/mol. The number of carbonyl (C=O) groups excluding carboxylic acids is 1. The number of nitrogens with zero attached hydrogens (tertiary/aromatic N) is 2. The molecule has 0 fully saturated rings. The fraction of sp³-hybridized carbons (Fsp3) is 0.273. The first-order valence-corrected chi connectivity index (χ1v) is 10.0. The molecule has 0 bridgehead atoms. The van der Waals surface area contributed by atoms with Crippen molar-refractivity contribution >= 4 is 17.2 Å². The average molecular weight is 378 g/mol. The summed E-state index contributed by atoms with van der Waals surface area (Å²) in [5, 5.41) is 2.87. The highest BCUT2D eigenvalue weighted by molar-refractivity contribution is 7.09. The Kier molecular flexibility index (Phi) is 5.21. The van der Waals surface area contributed by atoms with Crippen molar-refractivity contribution in [1.82, 2.24) is 9.88 Å². The molecule has 27 heavy (non-hydrogen) atoms. The van der Waals surface area contributed by atoms with E-state index >= 15 is 0 Å². The summed E-state index contributed by atoms with van der Waals surface area (Å²) < 4.78 is 5.33. The smallest absolute Gasteiger partial charge is 0.273 e. The Bertz CT molecular complexity index is 936. The average Bonchev–Trinajstić information content (AvgIpc) is 3.06. The zero-order valence-electron chi connectivity index (χ0n) is 15.4. The van der Waals surface area contributed by atoms with E-state index in [0.717, 1.165) is 36.6 Å². The lowest BCUT2D eigenvalue weighted by atomic mass is 10.0. The molecule has 0 spiro atoms. The van der Waals surface area contributed by atoms with Crippen LogP contribution in [-0.2, 0) is 19.3 Å². The lowest BCUT2D eigenvalue weighted by Crippen LogP contribution is -2.33. The van der Waals surface area contributed by atoms with Crippen molar-refractivity contribution in [3.63, 3.8) is 0 Å². The summed E-state index contributed by atoms with van der Waals surface area (Å²) in [4.78, 5) is 19.5. The normalized spacial score (nSPS) is 13.7. The van der Waals surface area contributed by atoms with Crippen LogP contribution >= 0.6 is 11.3 Å². The van der Waals surface area contributed by atoms with Crippen molar-refractivity contribution in [1.29, 1.82) is 0 Å². The van der Waals surface area contributed by atoms with Gasteiger partial charge in [-0.1, -0.05) is 36.4 Å². The molecular formula is C22H22N2O2S. The number of thiazole rings is 1. The minimum Gasteiger partial charge on any atom is -0.497 e. The van der Waals surface area contributed by atoms with Crippen molar-refractivity contribution < 1.29 is 9.53 Å². The van der Waals surface area contributed by atoms with E-state index in [4.69, 9.17) is 4.74 Å². The second-order valence-electron chi connectivity index (χ2n) is 6.72. The lowest BCUT2D eigenvalue weighted by molar-refractivity contribution is 0.0758. The van der Waals surface area contributed by atoms with Gasteiger partial charge in [0.2, 0.25) is 0 Å². The molecule has 0 radical (unpaired) electrons. The Morgan fingerprint density at radius 1 is 1.11 bits per heavy atom. The zero-order valence-corrected chi connectivity index (χ0v) is 16.2. The van der Waals surface area contributed by atoms with Gasteiger partial charge in [-0.15, -0.1) is 11.3 Å². The van der Waals surface area contributed by atoms with Gasteiger partial charge in [-0.3, -0.25) is 4.79 Å². The lowest BCUT2D eigenvalue weighted by Gasteiger charge is -2.18. The molecule has 1 aromatic heterocycles. The third kappa shape index (κ3) is 4.03. The minimum absolute atomic E-state index is 0.0327. The van der Waals surface area contributed by atoms with Crippen molar-refractivity contribution in [2.45, 2.75) is 19.3 Å². The van der Waals surface area contributed by atoms with Gasteiger partial charge in [0, 0.05) is 24.9 Å². The molecule has 2 aromatic carbocycles. The maximum atomic E-state index is 12.9. The molecule has 0 atom stereocenters. The molecule has 1 amide bonds. The molecule has 138 valence electrons. The van der Waals surface area contributed by atoms with Gasteiger partial charge in [0.05, 0.1) is 12.1 Å². The van der Waals surface area contributed by atoms with E-state index in [1.54, 1.807) is 18.4 Å². The molecule has 2 heterocycles. The van der Waals surface area contributed by atoms with Gasteiger partial charge in [-0.2, -0.15) is 0 Å². The number of fused-ring (bicyclic) bond motifs is 1. The van der Waals surface area contributed by atoms with Gasteiger partial charge in [0.15, 0.2) is 0 Å². The van der Waals surface area contributed by atoms with Crippen LogP contribution in [0.4, 0.5) is 0 Å². The SMILES string of the molecule is COc1ccc2c(c1)CCN(C(=O)c1csc(Cc3ccccc3)n1)CC2. The Balaban J connectivity index is 1.44. The Morgan fingerprint density at radius 2 is 1.89 bits per heavy atom. The highest BCUT2D eigenvalue weighted by Gasteiger charge is 2.22. The molecule has 4 nitrogen and oxygen atoms in total. The third-order valence-electron chi connectivity index (χ3n) is 4.97. The molecule has 1 aliphatic rings. The number of rotatable bonds is 4. The highest BCUT2D eigenvalue weighted by Crippen LogP contribution is 2.23. The van der Waals surface area contributed by atoms with Crippen LogP contribution in [0.15, 0.2) is 53.9 Å². The summed E-state index contributed by atoms with van der Waals surface area (Å²) in [6.45, 7) is 1.44. The van der Waals surface area contributed by atoms with E-state index in [2.05, 4.69) is 29.2 Å². The molecule has 0 saturated heterocycles. The largest absolute Gasteiger partial charge is 0.497 e. The first-order valence-electron chi connectivity index (χ1n) is 9.16. The maximum absolute atomic E-state index is 12.9. The number of carbonyl (C=O) groups is 1. The van der Waals surface area contributed by atoms with Crippen LogP contribution in [0.25, 0.3) is 0 Å². The number of benzene rings is 2. The Morgan fingerprint density at radius 3 is 2.67 bits per heavy atom. The van der Waals surface area contributed by atoms with Crippen LogP contribution < -0.4 is 4.74 Å². The van der Waals surface area contributed by atoms with Crippen molar-refractivity contribution in [3.05, 3.63) is 81.3 Å². The Hall–Kier alpha value is -2.66. The minimum atomic E-state index is 0.0327. The summed E-state index contributed by atoms with van der Waals surface area (Å²) >= 11 is 1.56. The maximum Gasteiger partial charge on any atom is 0.273 e. The number of hydrogen-bond donors (Lipinski definition) is 0. The first kappa shape index (κ1) is 17.7. The summed E-state index contributed by atoms with van der Waals surface area (Å²) in [6, 6.07) is 16.4. The van der Waals surface area contributed by atoms with Crippen LogP contribution in [0.5, 0.6) is 5.75 Å². The van der Waals surface area contributed by atoms with E-state index in [1.807, 2.05) is 34.5 Å². The zero-order chi connectivity index (χ0) is 18.6. The second kappa shape index (κ2) is 7.92. The number of methoxy groups -OCH3 is 1. The first-order chi connectivity index (χ1) is 13.2. The monoisotopic (exact) mass is 378 g/mol. The molecule has 0 N–H and O–H groups in total. The summed E-state index contributed by atoms with van der Waals surface area (Å²) in [6.07, 6.45) is 2.48. The summed E-state index contributed by atoms with van der Waals surface area (Å²) in [5.74, 6) is 0.906. The molecule has 1 aliphatic heterocycles. The van der Waals surface area contributed by atoms with E-state index in [-0.39, 0.29) is 5.91 Å². The van der Waals surface area contributed by atoms with E-state index < -0.39 is 0 Å². The van der Waals surface area contributed by atoms with Gasteiger partial charge in [0.25, 0.3) is 5.91 Å². The van der Waals surface area contributed by atoms with Crippen LogP contribution in [-0.4, -0.2) is 36.0 Å². The van der Waals surface area contributed by atoms with Crippen LogP contribution in [0.1, 0.15) is 32.2 Å². The van der Waals surface area contributed by atoms with Gasteiger partial charge < -0.3 is 9.64 Å². The van der Waals surface area contributed by atoms with E-state index in [0.29, 0.717) is 12.2 Å². The van der Waals surface area contributed by atoms with Crippen LogP contribution in [0.3, 0.4) is 0 Å². The molecule has 3 aromatic rings. The van der Waals surface area contributed by atoms with Gasteiger partial charge in [-0.05, 0) is 41.7 Å². The Labute approximate surface area is 163 Å². The fourth-order valence-corrected chi connectivity index (χ4v) is 4.26. The number of hydrogen-bond acceptors (Lipinski definition) is 4.